The van der Waals surface area contributed by atoms with Gasteiger partial charge in [-0.2, -0.15) is 5.10 Å². The number of nitro groups is 1. The maximum atomic E-state index is 11.8. The fraction of sp³-hybridized carbons (Fsp3) is 0.0476. The molecule has 146 valence electrons. The molecule has 0 unspecified atom stereocenters. The summed E-state index contributed by atoms with van der Waals surface area (Å²) in [4.78, 5) is 21.9. The zero-order chi connectivity index (χ0) is 20.6. The maximum absolute atomic E-state index is 11.8. The Labute approximate surface area is 166 Å². The van der Waals surface area contributed by atoms with Gasteiger partial charge in [0.05, 0.1) is 11.1 Å². The third kappa shape index (κ3) is 5.16. The van der Waals surface area contributed by atoms with Crippen LogP contribution in [0, 0.1) is 10.1 Å². The van der Waals surface area contributed by atoms with Gasteiger partial charge in [-0.1, -0.05) is 48.5 Å². The number of nitrogens with one attached hydrogen (secondary N) is 1. The molecule has 1 amide bonds. The molecule has 0 saturated heterocycles. The molecule has 0 aliphatic carbocycles. The SMILES string of the molecule is O=C(COc1ccc(-c2ccccc2)cc1)N/N=C\c1cccc([N+](=O)[O-])c1O. The van der Waals surface area contributed by atoms with E-state index in [0.29, 0.717) is 5.75 Å². The van der Waals surface area contributed by atoms with Crippen molar-refractivity contribution in [1.29, 1.82) is 0 Å². The summed E-state index contributed by atoms with van der Waals surface area (Å²) in [6, 6.07) is 21.2. The highest BCUT2D eigenvalue weighted by Crippen LogP contribution is 2.27. The minimum Gasteiger partial charge on any atom is -0.502 e. The van der Waals surface area contributed by atoms with Gasteiger partial charge in [-0.3, -0.25) is 14.9 Å². The van der Waals surface area contributed by atoms with Crippen molar-refractivity contribution in [3.05, 3.63) is 88.5 Å². The number of hydrazone groups is 1. The summed E-state index contributed by atoms with van der Waals surface area (Å²) in [5, 5.41) is 24.3. The van der Waals surface area contributed by atoms with Crippen LogP contribution in [0.4, 0.5) is 5.69 Å². The predicted octanol–water partition coefficient (Wildman–Crippen LogP) is 3.50. The van der Waals surface area contributed by atoms with Gasteiger partial charge in [-0.15, -0.1) is 0 Å². The van der Waals surface area contributed by atoms with Gasteiger partial charge in [0.25, 0.3) is 5.91 Å². The minimum atomic E-state index is -0.706. The number of rotatable bonds is 7. The maximum Gasteiger partial charge on any atom is 0.311 e. The first-order valence-corrected chi connectivity index (χ1v) is 8.61. The van der Waals surface area contributed by atoms with Crippen LogP contribution in [0.5, 0.6) is 11.5 Å². The number of carbonyl (C=O) groups excluding carboxylic acids is 1. The molecule has 3 rings (SSSR count). The van der Waals surface area contributed by atoms with Gasteiger partial charge in [0.1, 0.15) is 5.75 Å². The summed E-state index contributed by atoms with van der Waals surface area (Å²) in [6.07, 6.45) is 1.12. The van der Waals surface area contributed by atoms with E-state index in [0.717, 1.165) is 17.3 Å². The van der Waals surface area contributed by atoms with Gasteiger partial charge in [0.15, 0.2) is 6.61 Å². The molecule has 0 saturated carbocycles. The molecule has 3 aromatic rings. The molecular weight excluding hydrogens is 374 g/mol. The normalized spacial score (nSPS) is 10.6. The number of hydrogen-bond acceptors (Lipinski definition) is 6. The molecule has 0 fully saturated rings. The highest BCUT2D eigenvalue weighted by Gasteiger charge is 2.15. The van der Waals surface area contributed by atoms with E-state index < -0.39 is 22.3 Å². The lowest BCUT2D eigenvalue weighted by Gasteiger charge is -2.06. The number of benzene rings is 3. The summed E-state index contributed by atoms with van der Waals surface area (Å²) >= 11 is 0. The Hall–Kier alpha value is -4.20. The molecule has 2 N–H and O–H groups in total. The molecule has 0 aliphatic rings. The Morgan fingerprint density at radius 1 is 1.03 bits per heavy atom. The third-order valence-corrected chi connectivity index (χ3v) is 3.97. The molecule has 0 aliphatic heterocycles. The largest absolute Gasteiger partial charge is 0.502 e. The van der Waals surface area contributed by atoms with E-state index in [-0.39, 0.29) is 12.2 Å². The number of ether oxygens (including phenoxy) is 1. The van der Waals surface area contributed by atoms with Crippen molar-refractivity contribution in [3.63, 3.8) is 0 Å². The van der Waals surface area contributed by atoms with E-state index in [1.54, 1.807) is 12.1 Å². The van der Waals surface area contributed by atoms with Gasteiger partial charge >= 0.3 is 5.69 Å². The van der Waals surface area contributed by atoms with Gasteiger partial charge in [-0.25, -0.2) is 5.43 Å². The van der Waals surface area contributed by atoms with Crippen LogP contribution in [-0.2, 0) is 4.79 Å². The lowest BCUT2D eigenvalue weighted by Crippen LogP contribution is -2.24. The van der Waals surface area contributed by atoms with E-state index in [4.69, 9.17) is 4.74 Å². The Balaban J connectivity index is 1.52. The third-order valence-electron chi connectivity index (χ3n) is 3.97. The monoisotopic (exact) mass is 391 g/mol. The number of aromatic hydroxyl groups is 1. The van der Waals surface area contributed by atoms with Crippen LogP contribution >= 0.6 is 0 Å². The number of phenols is 1. The summed E-state index contributed by atoms with van der Waals surface area (Å²) < 4.78 is 5.41. The number of nitro benzene ring substituents is 1. The molecule has 8 heteroatoms. The fourth-order valence-corrected chi connectivity index (χ4v) is 2.53. The summed E-state index contributed by atoms with van der Waals surface area (Å²) in [5.41, 5.74) is 4.02. The molecule has 29 heavy (non-hydrogen) atoms. The van der Waals surface area contributed by atoms with Crippen LogP contribution in [0.1, 0.15) is 5.56 Å². The summed E-state index contributed by atoms with van der Waals surface area (Å²) in [5.74, 6) is -0.510. The zero-order valence-electron chi connectivity index (χ0n) is 15.2. The second-order valence-electron chi connectivity index (χ2n) is 5.94. The zero-order valence-corrected chi connectivity index (χ0v) is 15.2. The van der Waals surface area contributed by atoms with E-state index in [9.17, 15) is 20.0 Å². The van der Waals surface area contributed by atoms with Crippen LogP contribution in [0.3, 0.4) is 0 Å². The molecule has 0 atom stereocenters. The number of phenolic OH excluding ortho intramolecular Hbond substituents is 1. The van der Waals surface area contributed by atoms with Crippen LogP contribution in [0.2, 0.25) is 0 Å². The molecule has 0 radical (unpaired) electrons. The van der Waals surface area contributed by atoms with Crippen molar-refractivity contribution in [2.45, 2.75) is 0 Å². The van der Waals surface area contributed by atoms with Gasteiger partial charge in [0.2, 0.25) is 5.75 Å². The molecule has 0 bridgehead atoms. The second-order valence-corrected chi connectivity index (χ2v) is 5.94. The van der Waals surface area contributed by atoms with Gasteiger partial charge in [0, 0.05) is 11.6 Å². The second kappa shape index (κ2) is 9.14. The fourth-order valence-electron chi connectivity index (χ4n) is 2.53. The lowest BCUT2D eigenvalue weighted by molar-refractivity contribution is -0.385. The number of nitrogens with zero attached hydrogens (tertiary/aromatic N) is 2. The number of hydrogen-bond donors (Lipinski definition) is 2. The standard InChI is InChI=1S/C21H17N3O5/c25-20(23-22-13-17-7-4-8-19(21(17)26)24(27)28)14-29-18-11-9-16(10-12-18)15-5-2-1-3-6-15/h1-13,26H,14H2,(H,23,25)/b22-13-. The Kier molecular flexibility index (Phi) is 6.16. The van der Waals surface area contributed by atoms with Crippen LogP contribution in [0.15, 0.2) is 77.9 Å². The van der Waals surface area contributed by atoms with Crippen molar-refractivity contribution in [2.75, 3.05) is 6.61 Å². The highest BCUT2D eigenvalue weighted by molar-refractivity contribution is 5.87. The average Bonchev–Trinajstić information content (AvgIpc) is 2.74. The molecule has 0 spiro atoms. The van der Waals surface area contributed by atoms with Crippen molar-refractivity contribution in [2.24, 2.45) is 5.10 Å². The number of para-hydroxylation sites is 1. The Morgan fingerprint density at radius 2 is 1.72 bits per heavy atom. The minimum absolute atomic E-state index is 0.108. The van der Waals surface area contributed by atoms with E-state index in [1.807, 2.05) is 42.5 Å². The average molecular weight is 391 g/mol. The van der Waals surface area contributed by atoms with E-state index in [1.165, 1.54) is 18.2 Å². The molecular formula is C21H17N3O5. The Bertz CT molecular complexity index is 1030. The van der Waals surface area contributed by atoms with Gasteiger partial charge in [-0.05, 0) is 29.3 Å². The Morgan fingerprint density at radius 3 is 2.41 bits per heavy atom. The first-order valence-electron chi connectivity index (χ1n) is 8.61. The lowest BCUT2D eigenvalue weighted by atomic mass is 10.1. The number of carbonyl (C=O) groups is 1. The van der Waals surface area contributed by atoms with Crippen molar-refractivity contribution >= 4 is 17.8 Å². The molecule has 3 aromatic carbocycles. The first-order chi connectivity index (χ1) is 14.0. The van der Waals surface area contributed by atoms with Crippen molar-refractivity contribution in [1.82, 2.24) is 5.43 Å². The predicted molar refractivity (Wildman–Crippen MR) is 108 cm³/mol. The molecule has 0 heterocycles. The summed E-state index contributed by atoms with van der Waals surface area (Å²) in [6.45, 7) is -0.261. The smallest absolute Gasteiger partial charge is 0.311 e. The van der Waals surface area contributed by atoms with Gasteiger partial charge < -0.3 is 9.84 Å². The van der Waals surface area contributed by atoms with E-state index in [2.05, 4.69) is 10.5 Å². The summed E-state index contributed by atoms with van der Waals surface area (Å²) in [7, 11) is 0. The number of amides is 1. The van der Waals surface area contributed by atoms with Crippen LogP contribution in [-0.4, -0.2) is 28.8 Å². The van der Waals surface area contributed by atoms with Crippen molar-refractivity contribution in [3.8, 4) is 22.6 Å². The first kappa shape index (κ1) is 19.6. The molecule has 8 nitrogen and oxygen atoms in total. The topological polar surface area (TPSA) is 114 Å². The van der Waals surface area contributed by atoms with Crippen molar-refractivity contribution < 1.29 is 19.6 Å². The van der Waals surface area contributed by atoms with Crippen LogP contribution in [0.25, 0.3) is 11.1 Å². The van der Waals surface area contributed by atoms with E-state index >= 15 is 0 Å². The quantitative estimate of drug-likeness (QED) is 0.363. The molecule has 0 aromatic heterocycles. The highest BCUT2D eigenvalue weighted by atomic mass is 16.6. The van der Waals surface area contributed by atoms with Crippen LogP contribution < -0.4 is 10.2 Å².